The third kappa shape index (κ3) is 8.89. The molecule has 1 aliphatic heterocycles. The van der Waals surface area contributed by atoms with Crippen LogP contribution in [0.1, 0.15) is 18.9 Å². The van der Waals surface area contributed by atoms with Crippen LogP contribution in [0.5, 0.6) is 0 Å². The van der Waals surface area contributed by atoms with Gasteiger partial charge in [-0.25, -0.2) is 4.99 Å². The number of hydrogen-bond acceptors (Lipinski definition) is 4. The molecule has 0 bridgehead atoms. The molecule has 1 aromatic rings. The first kappa shape index (κ1) is 23.6. The Labute approximate surface area is 178 Å². The van der Waals surface area contributed by atoms with Gasteiger partial charge < -0.3 is 25.0 Å². The lowest BCUT2D eigenvalue weighted by Gasteiger charge is -2.23. The molecule has 1 saturated heterocycles. The van der Waals surface area contributed by atoms with Crippen molar-refractivity contribution in [3.63, 3.8) is 0 Å². The molecule has 0 spiro atoms. The normalized spacial score (nSPS) is 15.7. The van der Waals surface area contributed by atoms with Crippen molar-refractivity contribution in [2.75, 3.05) is 46.9 Å². The van der Waals surface area contributed by atoms with E-state index in [4.69, 9.17) is 9.47 Å². The Morgan fingerprint density at radius 1 is 1.15 bits per heavy atom. The zero-order valence-electron chi connectivity index (χ0n) is 16.4. The first-order valence-electron chi connectivity index (χ1n) is 9.03. The minimum absolute atomic E-state index is 0. The fourth-order valence-electron chi connectivity index (χ4n) is 2.54. The first-order valence-corrected chi connectivity index (χ1v) is 9.03. The second kappa shape index (κ2) is 12.1. The van der Waals surface area contributed by atoms with Crippen molar-refractivity contribution >= 4 is 35.8 Å². The summed E-state index contributed by atoms with van der Waals surface area (Å²) in [5.74, 6) is 0.0445. The minimum atomic E-state index is -0.540. The Morgan fingerprint density at radius 2 is 1.78 bits per heavy atom. The fraction of sp³-hybridized carbons (Fsp3) is 0.579. The molecular formula is C19H31IN4O3. The van der Waals surface area contributed by atoms with Crippen LogP contribution in [0.3, 0.4) is 0 Å². The van der Waals surface area contributed by atoms with Crippen molar-refractivity contribution in [1.82, 2.24) is 15.5 Å². The third-order valence-corrected chi connectivity index (χ3v) is 4.19. The van der Waals surface area contributed by atoms with Gasteiger partial charge in [-0.05, 0) is 18.9 Å². The highest BCUT2D eigenvalue weighted by atomic mass is 127. The van der Waals surface area contributed by atoms with E-state index in [9.17, 15) is 4.79 Å². The molecule has 152 valence electrons. The number of carbonyl (C=O) groups is 1. The van der Waals surface area contributed by atoms with Crippen LogP contribution in [0.15, 0.2) is 35.3 Å². The van der Waals surface area contributed by atoms with Crippen molar-refractivity contribution in [1.29, 1.82) is 0 Å². The number of hydrogen-bond donors (Lipinski definition) is 2. The third-order valence-electron chi connectivity index (χ3n) is 4.19. The van der Waals surface area contributed by atoms with Crippen LogP contribution in [0.4, 0.5) is 0 Å². The predicted molar refractivity (Wildman–Crippen MR) is 117 cm³/mol. The van der Waals surface area contributed by atoms with E-state index in [1.165, 1.54) is 10.5 Å². The average Bonchev–Trinajstić information content (AvgIpc) is 3.06. The predicted octanol–water partition coefficient (Wildman–Crippen LogP) is 1.62. The van der Waals surface area contributed by atoms with E-state index in [0.717, 1.165) is 13.0 Å². The lowest BCUT2D eigenvalue weighted by molar-refractivity contribution is -0.145. The number of halogens is 1. The summed E-state index contributed by atoms with van der Waals surface area (Å²) >= 11 is 0. The molecule has 8 heteroatoms. The van der Waals surface area contributed by atoms with Crippen molar-refractivity contribution in [2.24, 2.45) is 4.99 Å². The summed E-state index contributed by atoms with van der Waals surface area (Å²) in [6.07, 6.45) is 1.58. The van der Waals surface area contributed by atoms with Gasteiger partial charge in [0.25, 0.3) is 0 Å². The largest absolute Gasteiger partial charge is 0.356 e. The molecule has 0 aromatic heterocycles. The van der Waals surface area contributed by atoms with E-state index in [2.05, 4.69) is 27.8 Å². The number of guanidine groups is 1. The number of aliphatic imine (C=N–C) groups is 1. The molecule has 1 heterocycles. The minimum Gasteiger partial charge on any atom is -0.356 e. The maximum atomic E-state index is 11.8. The van der Waals surface area contributed by atoms with Gasteiger partial charge in [0.05, 0.1) is 13.2 Å². The second-order valence-electron chi connectivity index (χ2n) is 6.62. The molecule has 0 saturated carbocycles. The van der Waals surface area contributed by atoms with Crippen LogP contribution in [-0.2, 0) is 20.7 Å². The van der Waals surface area contributed by atoms with Gasteiger partial charge in [-0.2, -0.15) is 0 Å². The van der Waals surface area contributed by atoms with Crippen molar-refractivity contribution < 1.29 is 14.3 Å². The van der Waals surface area contributed by atoms with Gasteiger partial charge in [-0.15, -0.1) is 24.0 Å². The van der Waals surface area contributed by atoms with Gasteiger partial charge in [-0.1, -0.05) is 30.3 Å². The number of carbonyl (C=O) groups excluding carboxylic acids is 1. The Balaban J connectivity index is 0.00000364. The lowest BCUT2D eigenvalue weighted by atomic mass is 10.1. The quantitative estimate of drug-likeness (QED) is 0.329. The van der Waals surface area contributed by atoms with E-state index < -0.39 is 5.79 Å². The summed E-state index contributed by atoms with van der Waals surface area (Å²) in [6, 6.07) is 10.3. The van der Waals surface area contributed by atoms with E-state index in [0.29, 0.717) is 32.1 Å². The monoisotopic (exact) mass is 490 g/mol. The van der Waals surface area contributed by atoms with Crippen LogP contribution in [0.25, 0.3) is 0 Å². The van der Waals surface area contributed by atoms with Crippen LogP contribution in [0.2, 0.25) is 0 Å². The number of likely N-dealkylation sites (N-methyl/N-ethyl adjacent to an activating group) is 1. The molecule has 1 fully saturated rings. The first-order chi connectivity index (χ1) is 12.5. The molecule has 0 aliphatic carbocycles. The van der Waals surface area contributed by atoms with Crippen LogP contribution in [0, 0.1) is 0 Å². The van der Waals surface area contributed by atoms with E-state index in [1.807, 2.05) is 25.1 Å². The molecule has 2 N–H and O–H groups in total. The topological polar surface area (TPSA) is 75.2 Å². The number of nitrogens with one attached hydrogen (secondary N) is 2. The summed E-state index contributed by atoms with van der Waals surface area (Å²) in [7, 11) is 3.45. The molecule has 0 unspecified atom stereocenters. The van der Waals surface area contributed by atoms with E-state index >= 15 is 0 Å². The van der Waals surface area contributed by atoms with Gasteiger partial charge >= 0.3 is 0 Å². The number of ether oxygens (including phenoxy) is 2. The SMILES string of the molecule is CN(C)C(=O)CN=C(NCCc1ccccc1)NCCC1(C)OCCO1.I. The number of nitrogens with zero attached hydrogens (tertiary/aromatic N) is 2. The number of amides is 1. The van der Waals surface area contributed by atoms with Crippen molar-refractivity contribution in [3.8, 4) is 0 Å². The zero-order valence-corrected chi connectivity index (χ0v) is 18.7. The molecular weight excluding hydrogens is 459 g/mol. The summed E-state index contributed by atoms with van der Waals surface area (Å²) < 4.78 is 11.2. The van der Waals surface area contributed by atoms with E-state index in [-0.39, 0.29) is 36.4 Å². The second-order valence-corrected chi connectivity index (χ2v) is 6.62. The van der Waals surface area contributed by atoms with Crippen molar-refractivity contribution in [3.05, 3.63) is 35.9 Å². The standard InChI is InChI=1S/C19H30N4O3.HI/c1-19(25-13-14-26-19)10-12-21-18(22-15-17(24)23(2)3)20-11-9-16-7-5-4-6-8-16;/h4-8H,9-15H2,1-3H3,(H2,20,21,22);1H. The zero-order chi connectivity index (χ0) is 18.8. The maximum Gasteiger partial charge on any atom is 0.243 e. The smallest absolute Gasteiger partial charge is 0.243 e. The fourth-order valence-corrected chi connectivity index (χ4v) is 2.54. The van der Waals surface area contributed by atoms with Gasteiger partial charge in [0, 0.05) is 33.6 Å². The highest BCUT2D eigenvalue weighted by molar-refractivity contribution is 14.0. The van der Waals surface area contributed by atoms with Gasteiger partial charge in [0.1, 0.15) is 6.54 Å². The van der Waals surface area contributed by atoms with Crippen LogP contribution >= 0.6 is 24.0 Å². The number of benzene rings is 1. The van der Waals surface area contributed by atoms with Gasteiger partial charge in [0.2, 0.25) is 5.91 Å². The van der Waals surface area contributed by atoms with Crippen molar-refractivity contribution in [2.45, 2.75) is 25.6 Å². The molecule has 0 radical (unpaired) electrons. The van der Waals surface area contributed by atoms with Crippen LogP contribution in [-0.4, -0.2) is 69.5 Å². The summed E-state index contributed by atoms with van der Waals surface area (Å²) in [6.45, 7) is 4.68. The highest BCUT2D eigenvalue weighted by Gasteiger charge is 2.30. The van der Waals surface area contributed by atoms with E-state index in [1.54, 1.807) is 14.1 Å². The lowest BCUT2D eigenvalue weighted by Crippen LogP contribution is -2.42. The highest BCUT2D eigenvalue weighted by Crippen LogP contribution is 2.21. The van der Waals surface area contributed by atoms with Gasteiger partial charge in [-0.3, -0.25) is 4.79 Å². The molecule has 1 amide bonds. The maximum absolute atomic E-state index is 11.8. The Bertz CT molecular complexity index is 590. The van der Waals surface area contributed by atoms with Crippen LogP contribution < -0.4 is 10.6 Å². The number of rotatable bonds is 8. The Morgan fingerprint density at radius 3 is 2.41 bits per heavy atom. The summed E-state index contributed by atoms with van der Waals surface area (Å²) in [4.78, 5) is 17.7. The molecule has 0 atom stereocenters. The average molecular weight is 490 g/mol. The molecule has 7 nitrogen and oxygen atoms in total. The summed E-state index contributed by atoms with van der Waals surface area (Å²) in [5.41, 5.74) is 1.25. The molecule has 2 rings (SSSR count). The Kier molecular flexibility index (Phi) is 10.6. The summed E-state index contributed by atoms with van der Waals surface area (Å²) in [5, 5.41) is 6.55. The molecule has 1 aromatic carbocycles. The van der Waals surface area contributed by atoms with Gasteiger partial charge in [0.15, 0.2) is 11.7 Å². The molecule has 1 aliphatic rings. The Hall–Kier alpha value is -1.39. The molecule has 27 heavy (non-hydrogen) atoms.